The zero-order valence-electron chi connectivity index (χ0n) is 10.1. The number of aromatic nitrogens is 6. The number of nitrogens with zero attached hydrogens (tertiary/aromatic N) is 5. The van der Waals surface area contributed by atoms with Crippen LogP contribution < -0.4 is 0 Å². The van der Waals surface area contributed by atoms with Gasteiger partial charge in [0.05, 0.1) is 6.20 Å². The first kappa shape index (κ1) is 14.0. The number of thioether (sulfide) groups is 2. The standard InChI is InChI=1S/C5H9N3S.C4H7N3S/c1-3-9-5-7-6-4-8(5)2;1-2-8-4-3-5-7-6-4/h4H,3H2,1-2H3;3H,2H2,1H3,(H,5,6,7). The molecule has 0 bridgehead atoms. The molecule has 0 fully saturated rings. The lowest BCUT2D eigenvalue weighted by molar-refractivity contribution is 0.789. The fraction of sp³-hybridized carbons (Fsp3) is 0.556. The number of hydrogen-bond donors (Lipinski definition) is 1. The molecule has 0 aliphatic rings. The molecule has 0 spiro atoms. The van der Waals surface area contributed by atoms with Gasteiger partial charge >= 0.3 is 0 Å². The summed E-state index contributed by atoms with van der Waals surface area (Å²) in [6.07, 6.45) is 3.42. The summed E-state index contributed by atoms with van der Waals surface area (Å²) in [5.41, 5.74) is 0. The fourth-order valence-electron chi connectivity index (χ4n) is 0.941. The Kier molecular flexibility index (Phi) is 6.71. The Labute approximate surface area is 109 Å². The lowest BCUT2D eigenvalue weighted by atomic mass is 10.9. The molecule has 2 aromatic rings. The quantitative estimate of drug-likeness (QED) is 0.856. The molecule has 0 aliphatic heterocycles. The third-order valence-electron chi connectivity index (χ3n) is 1.63. The van der Waals surface area contributed by atoms with Crippen molar-refractivity contribution in [3.8, 4) is 0 Å². The van der Waals surface area contributed by atoms with Gasteiger partial charge in [-0.3, -0.25) is 0 Å². The second kappa shape index (κ2) is 8.13. The molecule has 0 aromatic carbocycles. The van der Waals surface area contributed by atoms with E-state index in [2.05, 4.69) is 39.5 Å². The molecule has 0 aliphatic carbocycles. The Balaban J connectivity index is 0.000000171. The Morgan fingerprint density at radius 3 is 2.53 bits per heavy atom. The number of hydrogen-bond acceptors (Lipinski definition) is 6. The first-order valence-corrected chi connectivity index (χ1v) is 7.20. The smallest absolute Gasteiger partial charge is 0.190 e. The molecule has 0 saturated heterocycles. The van der Waals surface area contributed by atoms with E-state index in [1.165, 1.54) is 0 Å². The lowest BCUT2D eigenvalue weighted by Gasteiger charge is -1.93. The summed E-state index contributed by atoms with van der Waals surface area (Å²) in [4.78, 5) is 0. The molecule has 2 heterocycles. The van der Waals surface area contributed by atoms with E-state index in [0.717, 1.165) is 21.7 Å². The van der Waals surface area contributed by atoms with Crippen LogP contribution in [0.2, 0.25) is 0 Å². The van der Waals surface area contributed by atoms with E-state index in [1.54, 1.807) is 36.0 Å². The predicted octanol–water partition coefficient (Wildman–Crippen LogP) is 1.84. The van der Waals surface area contributed by atoms with Crippen LogP contribution in [0.5, 0.6) is 0 Å². The van der Waals surface area contributed by atoms with Crippen molar-refractivity contribution in [3.63, 3.8) is 0 Å². The van der Waals surface area contributed by atoms with E-state index in [4.69, 9.17) is 0 Å². The Morgan fingerprint density at radius 1 is 1.29 bits per heavy atom. The molecule has 0 saturated carbocycles. The molecule has 0 unspecified atom stereocenters. The molecule has 2 rings (SSSR count). The number of aryl methyl sites for hydroxylation is 1. The lowest BCUT2D eigenvalue weighted by Crippen LogP contribution is -1.87. The van der Waals surface area contributed by atoms with Gasteiger partial charge in [0.25, 0.3) is 0 Å². The Morgan fingerprint density at radius 2 is 2.06 bits per heavy atom. The van der Waals surface area contributed by atoms with Crippen molar-refractivity contribution in [1.29, 1.82) is 0 Å². The summed E-state index contributed by atoms with van der Waals surface area (Å²) in [7, 11) is 1.94. The maximum absolute atomic E-state index is 3.88. The van der Waals surface area contributed by atoms with Crippen LogP contribution in [0.1, 0.15) is 13.8 Å². The SMILES string of the molecule is CCSc1cn[nH]n1.CCSc1nncn1C. The zero-order valence-corrected chi connectivity index (χ0v) is 11.8. The van der Waals surface area contributed by atoms with Gasteiger partial charge in [-0.2, -0.15) is 10.3 Å². The van der Waals surface area contributed by atoms with E-state index in [-0.39, 0.29) is 0 Å². The summed E-state index contributed by atoms with van der Waals surface area (Å²) in [6.45, 7) is 4.18. The van der Waals surface area contributed by atoms with Crippen molar-refractivity contribution < 1.29 is 0 Å². The summed E-state index contributed by atoms with van der Waals surface area (Å²) in [5, 5.41) is 19.6. The minimum Gasteiger partial charge on any atom is -0.312 e. The highest BCUT2D eigenvalue weighted by Gasteiger charge is 1.96. The summed E-state index contributed by atoms with van der Waals surface area (Å²) in [5.74, 6) is 2.10. The van der Waals surface area contributed by atoms with Gasteiger partial charge < -0.3 is 4.57 Å². The molecule has 2 aromatic heterocycles. The topological polar surface area (TPSA) is 72.3 Å². The van der Waals surface area contributed by atoms with Crippen molar-refractivity contribution >= 4 is 23.5 Å². The van der Waals surface area contributed by atoms with Crippen LogP contribution in [0.4, 0.5) is 0 Å². The van der Waals surface area contributed by atoms with E-state index in [0.29, 0.717) is 0 Å². The zero-order chi connectivity index (χ0) is 12.5. The molecule has 0 amide bonds. The minimum absolute atomic E-state index is 0.965. The van der Waals surface area contributed by atoms with Crippen molar-refractivity contribution in [1.82, 2.24) is 30.2 Å². The highest BCUT2D eigenvalue weighted by atomic mass is 32.2. The monoisotopic (exact) mass is 272 g/mol. The maximum atomic E-state index is 3.88. The van der Waals surface area contributed by atoms with Crippen LogP contribution in [0, 0.1) is 0 Å². The third kappa shape index (κ3) is 5.22. The number of H-pyrrole nitrogens is 1. The average Bonchev–Trinajstić information content (AvgIpc) is 2.94. The van der Waals surface area contributed by atoms with Gasteiger partial charge in [0.1, 0.15) is 11.4 Å². The van der Waals surface area contributed by atoms with E-state index in [1.807, 2.05) is 11.6 Å². The number of aromatic amines is 1. The van der Waals surface area contributed by atoms with Crippen molar-refractivity contribution in [2.24, 2.45) is 7.05 Å². The first-order valence-electron chi connectivity index (χ1n) is 5.23. The van der Waals surface area contributed by atoms with Crippen LogP contribution in [0.25, 0.3) is 0 Å². The minimum atomic E-state index is 0.965. The largest absolute Gasteiger partial charge is 0.312 e. The van der Waals surface area contributed by atoms with E-state index >= 15 is 0 Å². The van der Waals surface area contributed by atoms with Crippen LogP contribution in [0.3, 0.4) is 0 Å². The molecule has 17 heavy (non-hydrogen) atoms. The van der Waals surface area contributed by atoms with Crippen molar-refractivity contribution in [2.75, 3.05) is 11.5 Å². The second-order valence-corrected chi connectivity index (χ2v) is 5.41. The summed E-state index contributed by atoms with van der Waals surface area (Å²) in [6, 6.07) is 0. The van der Waals surface area contributed by atoms with E-state index < -0.39 is 0 Å². The van der Waals surface area contributed by atoms with Gasteiger partial charge in [0.15, 0.2) is 5.16 Å². The molecule has 94 valence electrons. The molecule has 8 heteroatoms. The van der Waals surface area contributed by atoms with Crippen LogP contribution >= 0.6 is 23.5 Å². The first-order chi connectivity index (χ1) is 8.27. The van der Waals surface area contributed by atoms with Crippen LogP contribution in [-0.2, 0) is 7.05 Å². The molecule has 0 atom stereocenters. The molecule has 0 radical (unpaired) electrons. The highest BCUT2D eigenvalue weighted by Crippen LogP contribution is 2.11. The number of nitrogens with one attached hydrogen (secondary N) is 1. The third-order valence-corrected chi connectivity index (χ3v) is 3.33. The van der Waals surface area contributed by atoms with Gasteiger partial charge in [-0.15, -0.1) is 27.1 Å². The fourth-order valence-corrected chi connectivity index (χ4v) is 2.08. The Hall–Kier alpha value is -1.02. The molecular formula is C9H16N6S2. The number of rotatable bonds is 4. The maximum Gasteiger partial charge on any atom is 0.190 e. The average molecular weight is 272 g/mol. The second-order valence-electron chi connectivity index (χ2n) is 2.90. The van der Waals surface area contributed by atoms with E-state index in [9.17, 15) is 0 Å². The molecular weight excluding hydrogens is 256 g/mol. The summed E-state index contributed by atoms with van der Waals surface area (Å²) >= 11 is 3.37. The van der Waals surface area contributed by atoms with Gasteiger partial charge in [-0.1, -0.05) is 25.6 Å². The van der Waals surface area contributed by atoms with Crippen molar-refractivity contribution in [2.45, 2.75) is 24.0 Å². The van der Waals surface area contributed by atoms with Crippen LogP contribution in [0.15, 0.2) is 22.7 Å². The normalized spacial score (nSPS) is 9.82. The van der Waals surface area contributed by atoms with Crippen molar-refractivity contribution in [3.05, 3.63) is 12.5 Å². The molecule has 1 N–H and O–H groups in total. The van der Waals surface area contributed by atoms with Crippen LogP contribution in [-0.4, -0.2) is 41.7 Å². The molecule has 6 nitrogen and oxygen atoms in total. The van der Waals surface area contributed by atoms with Gasteiger partial charge in [0, 0.05) is 7.05 Å². The highest BCUT2D eigenvalue weighted by molar-refractivity contribution is 7.99. The van der Waals surface area contributed by atoms with Gasteiger partial charge in [-0.25, -0.2) is 0 Å². The van der Waals surface area contributed by atoms with Gasteiger partial charge in [0.2, 0.25) is 0 Å². The predicted molar refractivity (Wildman–Crippen MR) is 70.2 cm³/mol. The summed E-state index contributed by atoms with van der Waals surface area (Å²) < 4.78 is 1.91. The van der Waals surface area contributed by atoms with Gasteiger partial charge in [-0.05, 0) is 11.5 Å². The Bertz CT molecular complexity index is 399.